The predicted octanol–water partition coefficient (Wildman–Crippen LogP) is 5.59. The number of allylic oxidation sites excluding steroid dienone is 1. The second-order valence-corrected chi connectivity index (χ2v) is 13.1. The SMILES string of the molecule is CC(=O)OCC(C)CCC(=O)OC1C[C@H]2[C@@H]3CC=C4C[C@@H](OC(C)=O)CC[C@]4(C)[C@H]3CC[C@]2(C)C1C(C)=O. The number of esters is 3. The topological polar surface area (TPSA) is 96.0 Å². The minimum Gasteiger partial charge on any atom is -0.466 e. The Labute approximate surface area is 227 Å². The summed E-state index contributed by atoms with van der Waals surface area (Å²) in [6.45, 7) is 11.4. The lowest BCUT2D eigenvalue weighted by molar-refractivity contribution is -0.154. The average Bonchev–Trinajstić information content (AvgIpc) is 3.13. The molecule has 0 saturated heterocycles. The predicted molar refractivity (Wildman–Crippen MR) is 142 cm³/mol. The first kappa shape index (κ1) is 28.8. The number of carbonyl (C=O) groups is 4. The highest BCUT2D eigenvalue weighted by molar-refractivity contribution is 5.81. The molecule has 3 fully saturated rings. The molecule has 212 valence electrons. The molecule has 9 atom stereocenters. The summed E-state index contributed by atoms with van der Waals surface area (Å²) in [6, 6.07) is 0. The van der Waals surface area contributed by atoms with Gasteiger partial charge in [-0.15, -0.1) is 0 Å². The van der Waals surface area contributed by atoms with E-state index in [1.165, 1.54) is 19.4 Å². The zero-order valence-electron chi connectivity index (χ0n) is 24.0. The van der Waals surface area contributed by atoms with Crippen molar-refractivity contribution in [2.24, 2.45) is 40.4 Å². The maximum absolute atomic E-state index is 13.0. The van der Waals surface area contributed by atoms with Gasteiger partial charge in [0.25, 0.3) is 0 Å². The molecule has 4 aliphatic rings. The summed E-state index contributed by atoms with van der Waals surface area (Å²) in [5, 5.41) is 0. The van der Waals surface area contributed by atoms with Crippen LogP contribution in [-0.4, -0.2) is 42.5 Å². The normalized spacial score (nSPS) is 38.5. The molecular weight excluding hydrogens is 484 g/mol. The van der Waals surface area contributed by atoms with Crippen LogP contribution in [0.2, 0.25) is 0 Å². The maximum Gasteiger partial charge on any atom is 0.306 e. The molecule has 3 saturated carbocycles. The molecule has 38 heavy (non-hydrogen) atoms. The summed E-state index contributed by atoms with van der Waals surface area (Å²) in [5.74, 6) is 0.447. The summed E-state index contributed by atoms with van der Waals surface area (Å²) in [7, 11) is 0. The minimum atomic E-state index is -0.379. The Bertz CT molecular complexity index is 985. The van der Waals surface area contributed by atoms with Crippen molar-refractivity contribution in [3.8, 4) is 0 Å². The molecule has 0 amide bonds. The number of carbonyl (C=O) groups excluding carboxylic acids is 4. The van der Waals surface area contributed by atoms with Crippen molar-refractivity contribution in [1.29, 1.82) is 0 Å². The molecule has 7 nitrogen and oxygen atoms in total. The van der Waals surface area contributed by atoms with Crippen molar-refractivity contribution in [1.82, 2.24) is 0 Å². The Balaban J connectivity index is 1.46. The molecule has 0 spiro atoms. The fraction of sp³-hybridized carbons (Fsp3) is 0.806. The Morgan fingerprint density at radius 1 is 1.00 bits per heavy atom. The van der Waals surface area contributed by atoms with Crippen LogP contribution in [0.25, 0.3) is 0 Å². The van der Waals surface area contributed by atoms with Crippen LogP contribution in [0.5, 0.6) is 0 Å². The third kappa shape index (κ3) is 5.58. The fourth-order valence-corrected chi connectivity index (χ4v) is 8.73. The Kier molecular flexibility index (Phi) is 8.44. The number of Topliss-reactive ketones (excluding diaryl/α,β-unsaturated/α-hetero) is 1. The van der Waals surface area contributed by atoms with E-state index in [4.69, 9.17) is 14.2 Å². The lowest BCUT2D eigenvalue weighted by Crippen LogP contribution is -2.51. The molecule has 0 bridgehead atoms. The highest BCUT2D eigenvalue weighted by atomic mass is 16.5. The van der Waals surface area contributed by atoms with Gasteiger partial charge in [0.1, 0.15) is 18.0 Å². The van der Waals surface area contributed by atoms with Crippen molar-refractivity contribution >= 4 is 23.7 Å². The van der Waals surface area contributed by atoms with Gasteiger partial charge in [-0.2, -0.15) is 0 Å². The number of hydrogen-bond acceptors (Lipinski definition) is 7. The molecule has 0 radical (unpaired) electrons. The van der Waals surface area contributed by atoms with Crippen LogP contribution in [0, 0.1) is 40.4 Å². The average molecular weight is 531 g/mol. The number of fused-ring (bicyclic) bond motifs is 5. The van der Waals surface area contributed by atoms with Crippen molar-refractivity contribution in [3.05, 3.63) is 11.6 Å². The van der Waals surface area contributed by atoms with Crippen LogP contribution < -0.4 is 0 Å². The Morgan fingerprint density at radius 2 is 1.74 bits per heavy atom. The van der Waals surface area contributed by atoms with E-state index in [0.717, 1.165) is 44.9 Å². The van der Waals surface area contributed by atoms with Crippen LogP contribution in [0.3, 0.4) is 0 Å². The van der Waals surface area contributed by atoms with E-state index in [1.807, 2.05) is 6.92 Å². The third-order valence-corrected chi connectivity index (χ3v) is 10.5. The zero-order chi connectivity index (χ0) is 27.8. The molecule has 0 heterocycles. The van der Waals surface area contributed by atoms with Gasteiger partial charge in [-0.1, -0.05) is 32.4 Å². The second-order valence-electron chi connectivity index (χ2n) is 13.1. The standard InChI is InChI=1S/C31H46O7/c1-18(17-36-20(3)33)7-10-28(35)38-27-16-26-24-9-8-22-15-23(37-21(4)34)11-13-30(22,5)25(24)12-14-31(26,6)29(27)19(2)32/h8,18,23-27,29H,7,9-17H2,1-6H3/t18?,23-,24+,25-,26-,27?,29?,30-,31-/m0/s1. The molecule has 0 N–H and O–H groups in total. The summed E-state index contributed by atoms with van der Waals surface area (Å²) in [6.07, 6.45) is 9.32. The molecule has 0 aromatic heterocycles. The molecule has 0 aromatic rings. The second kappa shape index (κ2) is 11.1. The number of ketones is 1. The maximum atomic E-state index is 13.0. The van der Waals surface area contributed by atoms with Gasteiger partial charge in [-0.25, -0.2) is 0 Å². The Hall–Kier alpha value is -2.18. The highest BCUT2D eigenvalue weighted by Gasteiger charge is 2.63. The minimum absolute atomic E-state index is 0.0219. The first-order valence-electron chi connectivity index (χ1n) is 14.5. The van der Waals surface area contributed by atoms with E-state index < -0.39 is 0 Å². The lowest BCUT2D eigenvalue weighted by Gasteiger charge is -2.57. The highest BCUT2D eigenvalue weighted by Crippen LogP contribution is 2.66. The molecule has 0 aromatic carbocycles. The zero-order valence-corrected chi connectivity index (χ0v) is 24.0. The van der Waals surface area contributed by atoms with Gasteiger partial charge in [-0.3, -0.25) is 19.2 Å². The van der Waals surface area contributed by atoms with E-state index in [2.05, 4.69) is 19.9 Å². The van der Waals surface area contributed by atoms with Gasteiger partial charge in [-0.05, 0) is 86.4 Å². The quantitative estimate of drug-likeness (QED) is 0.229. The van der Waals surface area contributed by atoms with Gasteiger partial charge in [0.15, 0.2) is 0 Å². The molecule has 0 aliphatic heterocycles. The van der Waals surface area contributed by atoms with E-state index >= 15 is 0 Å². The van der Waals surface area contributed by atoms with Gasteiger partial charge in [0.05, 0.1) is 12.5 Å². The van der Waals surface area contributed by atoms with Crippen molar-refractivity contribution < 1.29 is 33.4 Å². The van der Waals surface area contributed by atoms with Crippen LogP contribution in [0.15, 0.2) is 11.6 Å². The number of ether oxygens (including phenoxy) is 3. The summed E-state index contributed by atoms with van der Waals surface area (Å²) in [4.78, 5) is 48.4. The van der Waals surface area contributed by atoms with E-state index in [1.54, 1.807) is 6.92 Å². The number of rotatable bonds is 8. The van der Waals surface area contributed by atoms with Crippen molar-refractivity contribution in [3.63, 3.8) is 0 Å². The largest absolute Gasteiger partial charge is 0.466 e. The van der Waals surface area contributed by atoms with Gasteiger partial charge >= 0.3 is 17.9 Å². The smallest absolute Gasteiger partial charge is 0.306 e. The van der Waals surface area contributed by atoms with Gasteiger partial charge in [0.2, 0.25) is 0 Å². The van der Waals surface area contributed by atoms with E-state index in [-0.39, 0.29) is 65.0 Å². The summed E-state index contributed by atoms with van der Waals surface area (Å²) < 4.78 is 16.7. The molecule has 7 heteroatoms. The van der Waals surface area contributed by atoms with Crippen molar-refractivity contribution in [2.75, 3.05) is 6.61 Å². The van der Waals surface area contributed by atoms with E-state index in [0.29, 0.717) is 30.8 Å². The fourth-order valence-electron chi connectivity index (χ4n) is 8.73. The van der Waals surface area contributed by atoms with Crippen LogP contribution in [-0.2, 0) is 33.4 Å². The van der Waals surface area contributed by atoms with Crippen LogP contribution in [0.1, 0.15) is 99.3 Å². The molecule has 4 aliphatic carbocycles. The number of hydrogen-bond donors (Lipinski definition) is 0. The first-order valence-corrected chi connectivity index (χ1v) is 14.5. The monoisotopic (exact) mass is 530 g/mol. The summed E-state index contributed by atoms with van der Waals surface area (Å²) in [5.41, 5.74) is 1.36. The lowest BCUT2D eigenvalue weighted by atomic mass is 9.47. The van der Waals surface area contributed by atoms with Crippen LogP contribution >= 0.6 is 0 Å². The first-order chi connectivity index (χ1) is 17.8. The Morgan fingerprint density at radius 3 is 2.39 bits per heavy atom. The van der Waals surface area contributed by atoms with E-state index in [9.17, 15) is 19.2 Å². The molecular formula is C31H46O7. The van der Waals surface area contributed by atoms with Crippen LogP contribution in [0.4, 0.5) is 0 Å². The summed E-state index contributed by atoms with van der Waals surface area (Å²) >= 11 is 0. The van der Waals surface area contributed by atoms with Crippen molar-refractivity contribution in [2.45, 2.75) is 112 Å². The molecule has 3 unspecified atom stereocenters. The third-order valence-electron chi connectivity index (χ3n) is 10.5. The van der Waals surface area contributed by atoms with Gasteiger partial charge in [0, 0.05) is 26.7 Å². The van der Waals surface area contributed by atoms with Gasteiger partial charge < -0.3 is 14.2 Å². The molecule has 4 rings (SSSR count).